The van der Waals surface area contributed by atoms with Crippen molar-refractivity contribution in [2.24, 2.45) is 0 Å². The summed E-state index contributed by atoms with van der Waals surface area (Å²) >= 11 is 0. The number of rotatable bonds is 12. The maximum Gasteiger partial charge on any atom is 0.192 e. The first-order valence-corrected chi connectivity index (χ1v) is 13.3. The van der Waals surface area contributed by atoms with Gasteiger partial charge in [0, 0.05) is 12.2 Å². The molecule has 0 atom stereocenters. The third-order valence-corrected chi connectivity index (χ3v) is 8.28. The minimum absolute atomic E-state index is 0.414. The van der Waals surface area contributed by atoms with E-state index in [-0.39, 0.29) is 0 Å². The summed E-state index contributed by atoms with van der Waals surface area (Å²) in [6, 6.07) is 17.6. The molecule has 0 bridgehead atoms. The van der Waals surface area contributed by atoms with Gasteiger partial charge in [0.25, 0.3) is 0 Å². The van der Waals surface area contributed by atoms with Crippen LogP contribution in [0.5, 0.6) is 0 Å². The molecule has 0 saturated carbocycles. The van der Waals surface area contributed by atoms with Crippen LogP contribution in [0.15, 0.2) is 55.1 Å². The Morgan fingerprint density at radius 2 is 1.00 bits per heavy atom. The van der Waals surface area contributed by atoms with Crippen LogP contribution in [0, 0.1) is 0 Å². The molecule has 0 aliphatic heterocycles. The normalized spacial score (nSPS) is 12.2. The first kappa shape index (κ1) is 22.8. The van der Waals surface area contributed by atoms with Crippen LogP contribution in [-0.4, -0.2) is 31.7 Å². The van der Waals surface area contributed by atoms with Gasteiger partial charge in [0.15, 0.2) is 19.5 Å². The van der Waals surface area contributed by atoms with E-state index < -0.39 is 19.5 Å². The molecule has 0 fully saturated rings. The first-order chi connectivity index (χ1) is 13.6. The molecule has 0 aliphatic carbocycles. The van der Waals surface area contributed by atoms with Crippen LogP contribution in [0.4, 0.5) is 0 Å². The van der Waals surface area contributed by atoms with Gasteiger partial charge in [0.2, 0.25) is 0 Å². The van der Waals surface area contributed by atoms with E-state index in [2.05, 4.69) is 82.8 Å². The third kappa shape index (κ3) is 6.85. The Kier molecular flexibility index (Phi) is 9.92. The van der Waals surface area contributed by atoms with Gasteiger partial charge < -0.3 is 8.85 Å². The molecule has 0 spiro atoms. The van der Waals surface area contributed by atoms with E-state index >= 15 is 0 Å². The maximum absolute atomic E-state index is 6.09. The Morgan fingerprint density at radius 1 is 0.679 bits per heavy atom. The van der Waals surface area contributed by atoms with Crippen molar-refractivity contribution in [2.75, 3.05) is 0 Å². The fourth-order valence-electron chi connectivity index (χ4n) is 3.25. The molecule has 28 heavy (non-hydrogen) atoms. The summed E-state index contributed by atoms with van der Waals surface area (Å²) in [5.74, 6) is 0. The van der Waals surface area contributed by atoms with Gasteiger partial charge in [-0.3, -0.25) is 0 Å². The lowest BCUT2D eigenvalue weighted by atomic mass is 10.00. The van der Waals surface area contributed by atoms with Crippen molar-refractivity contribution in [3.63, 3.8) is 0 Å². The van der Waals surface area contributed by atoms with Crippen molar-refractivity contribution in [2.45, 2.75) is 65.6 Å². The Bertz CT molecular complexity index is 641. The van der Waals surface area contributed by atoms with Crippen LogP contribution >= 0.6 is 0 Å². The second-order valence-corrected chi connectivity index (χ2v) is 10.2. The molecule has 0 aliphatic rings. The van der Waals surface area contributed by atoms with Crippen molar-refractivity contribution >= 4 is 35.5 Å². The minimum atomic E-state index is -0.646. The quantitative estimate of drug-likeness (QED) is 0.496. The first-order valence-electron chi connectivity index (χ1n) is 10.7. The van der Waals surface area contributed by atoms with Crippen LogP contribution in [-0.2, 0) is 8.85 Å². The summed E-state index contributed by atoms with van der Waals surface area (Å²) < 4.78 is 12.2. The van der Waals surface area contributed by atoms with Crippen LogP contribution < -0.4 is 10.4 Å². The van der Waals surface area contributed by atoms with Gasteiger partial charge in [-0.1, -0.05) is 82.8 Å². The zero-order valence-corrected chi connectivity index (χ0v) is 20.9. The third-order valence-electron chi connectivity index (χ3n) is 5.40. The standard InChI is InChI=1S/C24H36O2Si2/c1-6-21(7-2)25-27-23-14-10-19(11-15-23)18(5)20-12-16-24(17-13-20)28-26-22(8-3)9-4/h10-17,21-22H,5-9,27-28H2,1-4H3. The zero-order valence-electron chi connectivity index (χ0n) is 18.0. The van der Waals surface area contributed by atoms with E-state index in [1.807, 2.05) is 0 Å². The van der Waals surface area contributed by atoms with Crippen molar-refractivity contribution in [1.82, 2.24) is 0 Å². The Hall–Kier alpha value is -1.47. The molecule has 2 aromatic carbocycles. The van der Waals surface area contributed by atoms with Crippen LogP contribution in [0.1, 0.15) is 64.5 Å². The molecular weight excluding hydrogens is 376 g/mol. The Balaban J connectivity index is 1.94. The number of benzene rings is 2. The lowest BCUT2D eigenvalue weighted by molar-refractivity contribution is 0.206. The molecule has 2 aromatic rings. The van der Waals surface area contributed by atoms with Crippen molar-refractivity contribution in [1.29, 1.82) is 0 Å². The maximum atomic E-state index is 6.09. The summed E-state index contributed by atoms with van der Waals surface area (Å²) in [5.41, 5.74) is 3.43. The number of hydrogen-bond donors (Lipinski definition) is 0. The molecule has 0 amide bonds. The fourth-order valence-corrected chi connectivity index (χ4v) is 5.90. The molecule has 0 aromatic heterocycles. The van der Waals surface area contributed by atoms with Gasteiger partial charge in [0.1, 0.15) is 0 Å². The molecule has 0 saturated heterocycles. The summed E-state index contributed by atoms with van der Waals surface area (Å²) in [7, 11) is -1.29. The molecule has 4 heteroatoms. The Labute approximate surface area is 176 Å². The highest BCUT2D eigenvalue weighted by Crippen LogP contribution is 2.20. The highest BCUT2D eigenvalue weighted by molar-refractivity contribution is 6.47. The second kappa shape index (κ2) is 12.2. The largest absolute Gasteiger partial charge is 0.416 e. The van der Waals surface area contributed by atoms with Crippen molar-refractivity contribution < 1.29 is 8.85 Å². The second-order valence-electron chi connectivity index (χ2n) is 7.37. The molecule has 152 valence electrons. The van der Waals surface area contributed by atoms with Crippen molar-refractivity contribution in [3.05, 3.63) is 66.2 Å². The molecule has 0 N–H and O–H groups in total. The van der Waals surface area contributed by atoms with Gasteiger partial charge in [-0.25, -0.2) is 0 Å². The summed E-state index contributed by atoms with van der Waals surface area (Å²) in [4.78, 5) is 0. The predicted molar refractivity (Wildman–Crippen MR) is 128 cm³/mol. The average Bonchev–Trinajstić information content (AvgIpc) is 2.75. The average molecular weight is 413 g/mol. The summed E-state index contributed by atoms with van der Waals surface area (Å²) in [6.07, 6.45) is 5.22. The van der Waals surface area contributed by atoms with E-state index in [9.17, 15) is 0 Å². The molecule has 0 heterocycles. The highest BCUT2D eigenvalue weighted by Gasteiger charge is 2.07. The topological polar surface area (TPSA) is 18.5 Å². The predicted octanol–water partition coefficient (Wildman–Crippen LogP) is 3.58. The zero-order chi connectivity index (χ0) is 20.4. The van der Waals surface area contributed by atoms with Gasteiger partial charge in [-0.15, -0.1) is 0 Å². The van der Waals surface area contributed by atoms with Gasteiger partial charge >= 0.3 is 0 Å². The molecule has 0 unspecified atom stereocenters. The van der Waals surface area contributed by atoms with E-state index in [1.54, 1.807) is 0 Å². The number of hydrogen-bond acceptors (Lipinski definition) is 2. The summed E-state index contributed by atoms with van der Waals surface area (Å²) in [6.45, 7) is 13.1. The van der Waals surface area contributed by atoms with E-state index in [1.165, 1.54) is 21.5 Å². The lowest BCUT2D eigenvalue weighted by Crippen LogP contribution is -2.23. The lowest BCUT2D eigenvalue weighted by Gasteiger charge is -2.15. The van der Waals surface area contributed by atoms with E-state index in [0.717, 1.165) is 31.3 Å². The van der Waals surface area contributed by atoms with Crippen LogP contribution in [0.25, 0.3) is 5.57 Å². The van der Waals surface area contributed by atoms with Crippen LogP contribution in [0.2, 0.25) is 0 Å². The smallest absolute Gasteiger partial charge is 0.192 e. The molecular formula is C24H36O2Si2. The van der Waals surface area contributed by atoms with Gasteiger partial charge in [-0.2, -0.15) is 0 Å². The molecule has 2 rings (SSSR count). The Morgan fingerprint density at radius 3 is 1.29 bits per heavy atom. The minimum Gasteiger partial charge on any atom is -0.416 e. The van der Waals surface area contributed by atoms with Crippen molar-refractivity contribution in [3.8, 4) is 0 Å². The molecule has 2 nitrogen and oxygen atoms in total. The van der Waals surface area contributed by atoms with E-state index in [4.69, 9.17) is 8.85 Å². The molecule has 0 radical (unpaired) electrons. The SMILES string of the molecule is C=C(c1ccc([SiH2]OC(CC)CC)cc1)c1ccc([SiH2]OC(CC)CC)cc1. The highest BCUT2D eigenvalue weighted by atomic mass is 28.2. The van der Waals surface area contributed by atoms with E-state index in [0.29, 0.717) is 12.2 Å². The van der Waals surface area contributed by atoms with Gasteiger partial charge in [-0.05, 0) is 52.8 Å². The van der Waals surface area contributed by atoms with Gasteiger partial charge in [0.05, 0.1) is 0 Å². The fraction of sp³-hybridized carbons (Fsp3) is 0.417. The van der Waals surface area contributed by atoms with Crippen LogP contribution in [0.3, 0.4) is 0 Å². The summed E-state index contributed by atoms with van der Waals surface area (Å²) in [5, 5.41) is 2.70. The monoisotopic (exact) mass is 412 g/mol.